The smallest absolute Gasteiger partial charge is 0.306 e. The minimum absolute atomic E-state index is 0.0173. The summed E-state index contributed by atoms with van der Waals surface area (Å²) in [6, 6.07) is 3.61. The van der Waals surface area contributed by atoms with Crippen molar-refractivity contribution in [3.8, 4) is 0 Å². The molecule has 5 nitrogen and oxygen atoms in total. The molecule has 1 aromatic heterocycles. The average Bonchev–Trinajstić information content (AvgIpc) is 2.82. The van der Waals surface area contributed by atoms with E-state index in [9.17, 15) is 9.59 Å². The fourth-order valence-corrected chi connectivity index (χ4v) is 2.25. The van der Waals surface area contributed by atoms with Crippen LogP contribution in [0, 0.1) is 11.8 Å². The van der Waals surface area contributed by atoms with Crippen molar-refractivity contribution in [1.82, 2.24) is 4.98 Å². The number of amides is 1. The molecule has 5 heteroatoms. The minimum atomic E-state index is -0.742. The number of aromatic nitrogens is 1. The van der Waals surface area contributed by atoms with E-state index in [1.165, 1.54) is 0 Å². The first-order valence-corrected chi connectivity index (χ1v) is 5.84. The zero-order valence-corrected chi connectivity index (χ0v) is 9.48. The molecule has 0 atom stereocenters. The number of carbonyl (C=O) groups excluding carboxylic acids is 1. The number of carboxylic acid groups (broad SMARTS) is 1. The van der Waals surface area contributed by atoms with Crippen LogP contribution in [-0.2, 0) is 9.59 Å². The van der Waals surface area contributed by atoms with Gasteiger partial charge >= 0.3 is 5.97 Å². The molecule has 17 heavy (non-hydrogen) atoms. The number of hydrogen-bond acceptors (Lipinski definition) is 2. The molecule has 0 aromatic carbocycles. The summed E-state index contributed by atoms with van der Waals surface area (Å²) in [6.45, 7) is 0. The molecule has 0 unspecified atom stereocenters. The van der Waals surface area contributed by atoms with Gasteiger partial charge in [0.1, 0.15) is 5.82 Å². The molecular weight excluding hydrogens is 220 g/mol. The van der Waals surface area contributed by atoms with Gasteiger partial charge in [-0.25, -0.2) is 0 Å². The Labute approximate surface area is 99.2 Å². The van der Waals surface area contributed by atoms with E-state index in [1.54, 1.807) is 12.3 Å². The number of nitrogens with one attached hydrogen (secondary N) is 2. The Morgan fingerprint density at radius 1 is 1.24 bits per heavy atom. The molecule has 0 spiro atoms. The zero-order chi connectivity index (χ0) is 12.3. The number of anilines is 1. The first kappa shape index (κ1) is 11.7. The summed E-state index contributed by atoms with van der Waals surface area (Å²) in [6.07, 6.45) is 4.25. The first-order valence-electron chi connectivity index (χ1n) is 5.84. The monoisotopic (exact) mass is 236 g/mol. The predicted octanol–water partition coefficient (Wildman–Crippen LogP) is 1.84. The molecule has 92 valence electrons. The molecule has 1 saturated carbocycles. The number of aliphatic carboxylic acids is 1. The highest BCUT2D eigenvalue weighted by Crippen LogP contribution is 2.29. The molecule has 0 saturated heterocycles. The van der Waals surface area contributed by atoms with Gasteiger partial charge in [0.2, 0.25) is 5.91 Å². The molecule has 0 radical (unpaired) electrons. The van der Waals surface area contributed by atoms with Gasteiger partial charge in [-0.15, -0.1) is 0 Å². The third-order valence-corrected chi connectivity index (χ3v) is 3.30. The Bertz CT molecular complexity index is 392. The maximum Gasteiger partial charge on any atom is 0.306 e. The maximum absolute atomic E-state index is 11.9. The van der Waals surface area contributed by atoms with Gasteiger partial charge in [0.25, 0.3) is 0 Å². The summed E-state index contributed by atoms with van der Waals surface area (Å²) in [4.78, 5) is 25.6. The van der Waals surface area contributed by atoms with Crippen molar-refractivity contribution >= 4 is 17.7 Å². The largest absolute Gasteiger partial charge is 0.481 e. The van der Waals surface area contributed by atoms with Gasteiger partial charge in [-0.1, -0.05) is 0 Å². The van der Waals surface area contributed by atoms with Crippen molar-refractivity contribution in [2.24, 2.45) is 11.8 Å². The van der Waals surface area contributed by atoms with Gasteiger partial charge in [0.05, 0.1) is 5.92 Å². The second-order valence-corrected chi connectivity index (χ2v) is 4.46. The average molecular weight is 236 g/mol. The van der Waals surface area contributed by atoms with Gasteiger partial charge in [-0.3, -0.25) is 9.59 Å². The Morgan fingerprint density at radius 2 is 1.88 bits per heavy atom. The summed E-state index contributed by atoms with van der Waals surface area (Å²) < 4.78 is 0. The number of carboxylic acids is 1. The normalized spacial score (nSPS) is 24.2. The number of H-pyrrole nitrogens is 1. The summed E-state index contributed by atoms with van der Waals surface area (Å²) in [5.41, 5.74) is 0. The standard InChI is InChI=1S/C12H16N2O3/c15-11(14-10-2-1-7-13-10)8-3-5-9(6-4-8)12(16)17/h1-2,7-9,13H,3-6H2,(H,14,15)(H,16,17). The third-order valence-electron chi connectivity index (χ3n) is 3.30. The lowest BCUT2D eigenvalue weighted by Gasteiger charge is -2.24. The van der Waals surface area contributed by atoms with Gasteiger partial charge in [0.15, 0.2) is 0 Å². The molecule has 2 rings (SSSR count). The van der Waals surface area contributed by atoms with E-state index in [2.05, 4.69) is 10.3 Å². The number of aromatic amines is 1. The lowest BCUT2D eigenvalue weighted by molar-refractivity contribution is -0.143. The van der Waals surface area contributed by atoms with Crippen LogP contribution in [0.3, 0.4) is 0 Å². The van der Waals surface area contributed by atoms with Crippen molar-refractivity contribution < 1.29 is 14.7 Å². The van der Waals surface area contributed by atoms with Gasteiger partial charge in [-0.05, 0) is 37.8 Å². The molecule has 1 aliphatic carbocycles. The van der Waals surface area contributed by atoms with Crippen LogP contribution >= 0.6 is 0 Å². The molecule has 3 N–H and O–H groups in total. The summed E-state index contributed by atoms with van der Waals surface area (Å²) in [5, 5.41) is 11.7. The predicted molar refractivity (Wildman–Crippen MR) is 62.5 cm³/mol. The third kappa shape index (κ3) is 2.87. The number of carbonyl (C=O) groups is 2. The SMILES string of the molecule is O=C(O)C1CCC(C(=O)Nc2ccc[nH]2)CC1. The van der Waals surface area contributed by atoms with E-state index in [1.807, 2.05) is 6.07 Å². The Morgan fingerprint density at radius 3 is 2.41 bits per heavy atom. The molecule has 1 aromatic rings. The van der Waals surface area contributed by atoms with Crippen LogP contribution in [0.25, 0.3) is 0 Å². The molecule has 1 aliphatic rings. The fourth-order valence-electron chi connectivity index (χ4n) is 2.25. The maximum atomic E-state index is 11.9. The van der Waals surface area contributed by atoms with Crippen LogP contribution in [0.2, 0.25) is 0 Å². The van der Waals surface area contributed by atoms with E-state index >= 15 is 0 Å². The Hall–Kier alpha value is -1.78. The van der Waals surface area contributed by atoms with Crippen LogP contribution in [0.5, 0.6) is 0 Å². The van der Waals surface area contributed by atoms with Crippen molar-refractivity contribution in [2.75, 3.05) is 5.32 Å². The van der Waals surface area contributed by atoms with Crippen molar-refractivity contribution in [3.05, 3.63) is 18.3 Å². The second-order valence-electron chi connectivity index (χ2n) is 4.46. The number of rotatable bonds is 3. The lowest BCUT2D eigenvalue weighted by atomic mass is 9.81. The van der Waals surface area contributed by atoms with E-state index in [4.69, 9.17) is 5.11 Å². The Balaban J connectivity index is 1.84. The number of hydrogen-bond donors (Lipinski definition) is 3. The molecule has 1 fully saturated rings. The van der Waals surface area contributed by atoms with Crippen LogP contribution in [0.15, 0.2) is 18.3 Å². The highest BCUT2D eigenvalue weighted by atomic mass is 16.4. The molecule has 0 bridgehead atoms. The van der Waals surface area contributed by atoms with Crippen LogP contribution in [-0.4, -0.2) is 22.0 Å². The van der Waals surface area contributed by atoms with Crippen LogP contribution in [0.1, 0.15) is 25.7 Å². The highest BCUT2D eigenvalue weighted by molar-refractivity contribution is 5.91. The van der Waals surface area contributed by atoms with E-state index < -0.39 is 5.97 Å². The van der Waals surface area contributed by atoms with E-state index in [-0.39, 0.29) is 17.7 Å². The van der Waals surface area contributed by atoms with Crippen LogP contribution < -0.4 is 5.32 Å². The highest BCUT2D eigenvalue weighted by Gasteiger charge is 2.29. The van der Waals surface area contributed by atoms with Gasteiger partial charge in [-0.2, -0.15) is 0 Å². The van der Waals surface area contributed by atoms with Gasteiger partial charge in [0, 0.05) is 12.1 Å². The van der Waals surface area contributed by atoms with Gasteiger partial charge < -0.3 is 15.4 Å². The summed E-state index contributed by atoms with van der Waals surface area (Å²) in [7, 11) is 0. The fraction of sp³-hybridized carbons (Fsp3) is 0.500. The zero-order valence-electron chi connectivity index (χ0n) is 9.48. The van der Waals surface area contributed by atoms with Crippen molar-refractivity contribution in [3.63, 3.8) is 0 Å². The summed E-state index contributed by atoms with van der Waals surface area (Å²) >= 11 is 0. The second kappa shape index (κ2) is 5.03. The van der Waals surface area contributed by atoms with E-state index in [0.717, 1.165) is 0 Å². The molecule has 1 amide bonds. The van der Waals surface area contributed by atoms with E-state index in [0.29, 0.717) is 31.5 Å². The Kier molecular flexibility index (Phi) is 3.46. The molecular formula is C12H16N2O3. The van der Waals surface area contributed by atoms with Crippen LogP contribution in [0.4, 0.5) is 5.82 Å². The first-order chi connectivity index (χ1) is 8.16. The van der Waals surface area contributed by atoms with Crippen molar-refractivity contribution in [1.29, 1.82) is 0 Å². The molecule has 0 aliphatic heterocycles. The topological polar surface area (TPSA) is 82.2 Å². The molecule has 1 heterocycles. The minimum Gasteiger partial charge on any atom is -0.481 e. The summed E-state index contributed by atoms with van der Waals surface area (Å²) in [5.74, 6) is -0.404. The van der Waals surface area contributed by atoms with Crippen molar-refractivity contribution in [2.45, 2.75) is 25.7 Å². The quantitative estimate of drug-likeness (QED) is 0.749. The lowest BCUT2D eigenvalue weighted by Crippen LogP contribution is -2.29.